The Hall–Kier alpha value is -2.06. The molecule has 5 N–H and O–H groups in total. The van der Waals surface area contributed by atoms with E-state index < -0.39 is 25.0 Å². The molecule has 148 valence electrons. The number of fused-ring (bicyclic) bond motifs is 5. The highest BCUT2D eigenvalue weighted by molar-refractivity contribution is 7.51. The number of nitrogens with one attached hydrogen (secondary N) is 1. The number of nitrogens with zero attached hydrogens (tertiary/aromatic N) is 1. The average Bonchev–Trinajstić information content (AvgIpc) is 3.13. The first-order chi connectivity index (χ1) is 12.4. The summed E-state index contributed by atoms with van der Waals surface area (Å²) in [4.78, 5) is 30.0. The second kappa shape index (κ2) is 6.24. The molecule has 27 heavy (non-hydrogen) atoms. The third kappa shape index (κ3) is 3.21. The van der Waals surface area contributed by atoms with Gasteiger partial charge >= 0.3 is 7.60 Å². The normalized spacial score (nSPS) is 25.6. The van der Waals surface area contributed by atoms with Crippen LogP contribution in [-0.2, 0) is 31.8 Å². The Morgan fingerprint density at radius 2 is 1.93 bits per heavy atom. The fourth-order valence-electron chi connectivity index (χ4n) is 3.69. The zero-order valence-corrected chi connectivity index (χ0v) is 16.0. The summed E-state index contributed by atoms with van der Waals surface area (Å²) in [6, 6.07) is 0. The van der Waals surface area contributed by atoms with Gasteiger partial charge in [-0.15, -0.1) is 0 Å². The molecule has 1 amide bonds. The van der Waals surface area contributed by atoms with E-state index in [0.29, 0.717) is 16.7 Å². The highest BCUT2D eigenvalue weighted by Crippen LogP contribution is 2.62. The quantitative estimate of drug-likeness (QED) is 0.264. The van der Waals surface area contributed by atoms with Crippen molar-refractivity contribution in [3.05, 3.63) is 35.4 Å². The van der Waals surface area contributed by atoms with Crippen LogP contribution in [0.4, 0.5) is 0 Å². The summed E-state index contributed by atoms with van der Waals surface area (Å²) < 4.78 is 18.5. The van der Waals surface area contributed by atoms with Crippen LogP contribution in [0.25, 0.3) is 0 Å². The second-order valence-corrected chi connectivity index (χ2v) is 8.93. The molecule has 1 aromatic heterocycles. The van der Waals surface area contributed by atoms with Crippen molar-refractivity contribution in [2.45, 2.75) is 38.0 Å². The Morgan fingerprint density at radius 3 is 2.52 bits per heavy atom. The van der Waals surface area contributed by atoms with Crippen LogP contribution in [0.2, 0.25) is 0 Å². The molecule has 0 radical (unpaired) electrons. The fraction of sp³-hybridized carbons (Fsp3) is 0.471. The van der Waals surface area contributed by atoms with E-state index in [-0.39, 0.29) is 37.2 Å². The zero-order chi connectivity index (χ0) is 20.2. The first kappa shape index (κ1) is 19.7. The van der Waals surface area contributed by atoms with Crippen molar-refractivity contribution >= 4 is 13.5 Å². The number of rotatable bonds is 7. The van der Waals surface area contributed by atoms with Gasteiger partial charge in [0.1, 0.15) is 11.2 Å². The van der Waals surface area contributed by atoms with Crippen LogP contribution in [0.3, 0.4) is 0 Å². The van der Waals surface area contributed by atoms with Gasteiger partial charge in [-0.05, 0) is 32.4 Å². The van der Waals surface area contributed by atoms with E-state index in [9.17, 15) is 29.4 Å². The van der Waals surface area contributed by atoms with Crippen LogP contribution in [0.15, 0.2) is 24.3 Å². The number of hydrogen-bond acceptors (Lipinski definition) is 5. The van der Waals surface area contributed by atoms with Gasteiger partial charge in [0.25, 0.3) is 0 Å². The van der Waals surface area contributed by atoms with Crippen molar-refractivity contribution in [2.24, 2.45) is 0 Å². The molecule has 2 bridgehead atoms. The molecule has 2 unspecified atom stereocenters. The lowest BCUT2D eigenvalue weighted by Crippen LogP contribution is -2.28. The van der Waals surface area contributed by atoms with Crippen LogP contribution in [0, 0.1) is 0 Å². The summed E-state index contributed by atoms with van der Waals surface area (Å²) in [6.45, 7) is 7.08. The Kier molecular flexibility index (Phi) is 4.55. The predicted molar refractivity (Wildman–Crippen MR) is 96.4 cm³/mol. The lowest BCUT2D eigenvalue weighted by Gasteiger charge is -2.25. The van der Waals surface area contributed by atoms with E-state index in [1.54, 1.807) is 26.0 Å². The molecule has 2 atom stereocenters. The molecule has 2 aliphatic rings. The van der Waals surface area contributed by atoms with E-state index >= 15 is 0 Å². The van der Waals surface area contributed by atoms with Crippen LogP contribution in [0.5, 0.6) is 11.8 Å². The third-order valence-corrected chi connectivity index (χ3v) is 5.78. The molecule has 0 saturated heterocycles. The summed E-state index contributed by atoms with van der Waals surface area (Å²) >= 11 is 0. The maximum Gasteiger partial charge on any atom is 0.325 e. The second-order valence-electron chi connectivity index (χ2n) is 7.16. The molecule has 3 rings (SSSR count). The third-order valence-electron chi connectivity index (χ3n) is 4.98. The van der Waals surface area contributed by atoms with Gasteiger partial charge in [-0.1, -0.05) is 6.58 Å². The Balaban J connectivity index is 1.91. The monoisotopic (exact) mass is 398 g/mol. The highest BCUT2D eigenvalue weighted by atomic mass is 31.2. The van der Waals surface area contributed by atoms with Gasteiger partial charge in [0, 0.05) is 18.7 Å². The molecule has 1 aromatic rings. The van der Waals surface area contributed by atoms with Crippen molar-refractivity contribution in [1.82, 2.24) is 9.88 Å². The minimum atomic E-state index is -4.27. The smallest absolute Gasteiger partial charge is 0.325 e. The largest absolute Gasteiger partial charge is 0.494 e. The number of aromatic nitrogens is 1. The lowest BCUT2D eigenvalue weighted by atomic mass is 9.83. The molecular weight excluding hydrogens is 375 g/mol. The summed E-state index contributed by atoms with van der Waals surface area (Å²) in [6.07, 6.45) is 2.91. The van der Waals surface area contributed by atoms with Crippen LogP contribution in [-0.4, -0.2) is 43.2 Å². The Morgan fingerprint density at radius 1 is 1.30 bits per heavy atom. The fourth-order valence-corrected chi connectivity index (χ4v) is 4.31. The molecule has 0 spiro atoms. The highest BCUT2D eigenvalue weighted by Gasteiger charge is 2.58. The average molecular weight is 398 g/mol. The summed E-state index contributed by atoms with van der Waals surface area (Å²) in [7, 11) is -4.27. The minimum absolute atomic E-state index is 0.0419. The number of hydrogen-bond donors (Lipinski definition) is 5. The van der Waals surface area contributed by atoms with Crippen LogP contribution < -0.4 is 5.32 Å². The molecule has 0 fully saturated rings. The molecule has 3 heterocycles. The van der Waals surface area contributed by atoms with E-state index in [0.717, 1.165) is 0 Å². The van der Waals surface area contributed by atoms with Gasteiger partial charge in [-0.2, -0.15) is 0 Å². The van der Waals surface area contributed by atoms with Gasteiger partial charge in [0.2, 0.25) is 17.7 Å². The van der Waals surface area contributed by atoms with Gasteiger partial charge in [0.05, 0.1) is 17.3 Å². The summed E-state index contributed by atoms with van der Waals surface area (Å²) in [5.41, 5.74) is -1.18. The van der Waals surface area contributed by atoms with E-state index in [1.807, 2.05) is 0 Å². The maximum absolute atomic E-state index is 11.6. The Bertz CT molecular complexity index is 900. The number of ether oxygens (including phenoxy) is 1. The number of carbonyl (C=O) groups is 1. The van der Waals surface area contributed by atoms with E-state index in [2.05, 4.69) is 11.9 Å². The SMILES string of the molecule is C=C(C)C(=O)NCCn1c(O)c2c(c1O)C1(CCP(=O)(O)O)C=CC2(C)O1. The lowest BCUT2D eigenvalue weighted by molar-refractivity contribution is -0.117. The van der Waals surface area contributed by atoms with Gasteiger partial charge < -0.3 is 30.1 Å². The number of amides is 1. The topological polar surface area (TPSA) is 141 Å². The summed E-state index contributed by atoms with van der Waals surface area (Å²) in [5, 5.41) is 24.0. The minimum Gasteiger partial charge on any atom is -0.494 e. The molecule has 10 heteroatoms. The zero-order valence-electron chi connectivity index (χ0n) is 15.1. The molecule has 0 saturated carbocycles. The van der Waals surface area contributed by atoms with Crippen molar-refractivity contribution in [3.8, 4) is 11.8 Å². The first-order valence-electron chi connectivity index (χ1n) is 8.44. The van der Waals surface area contributed by atoms with Crippen molar-refractivity contribution in [1.29, 1.82) is 0 Å². The van der Waals surface area contributed by atoms with Gasteiger partial charge in [0.15, 0.2) is 0 Å². The van der Waals surface area contributed by atoms with Gasteiger partial charge in [-0.3, -0.25) is 13.9 Å². The van der Waals surface area contributed by atoms with Crippen molar-refractivity contribution < 1.29 is 34.1 Å². The van der Waals surface area contributed by atoms with Gasteiger partial charge in [-0.25, -0.2) is 0 Å². The molecule has 2 aliphatic heterocycles. The van der Waals surface area contributed by atoms with Crippen LogP contribution >= 0.6 is 7.60 Å². The Labute approximate surface area is 156 Å². The first-order valence-corrected chi connectivity index (χ1v) is 10.2. The summed E-state index contributed by atoms with van der Waals surface area (Å²) in [5.74, 6) is -0.772. The maximum atomic E-state index is 11.6. The van der Waals surface area contributed by atoms with Crippen molar-refractivity contribution in [2.75, 3.05) is 12.7 Å². The van der Waals surface area contributed by atoms with E-state index in [4.69, 9.17) is 4.74 Å². The standard InChI is InChI=1S/C17H23N2O7P/c1-10(2)13(20)18-7-8-19-14(21)11-12(15(19)22)17(6-9-27(23,24)25)5-4-16(11,3)26-17/h4-5,21-22H,1,6-9H2,2-3H3,(H,18,20)(H2,23,24,25). The molecule has 0 aromatic carbocycles. The molecule has 0 aliphatic carbocycles. The van der Waals surface area contributed by atoms with Crippen molar-refractivity contribution in [3.63, 3.8) is 0 Å². The molecular formula is C17H23N2O7P. The molecule has 9 nitrogen and oxygen atoms in total. The number of aromatic hydroxyl groups is 2. The van der Waals surface area contributed by atoms with Crippen LogP contribution in [0.1, 0.15) is 31.4 Å². The van der Waals surface area contributed by atoms with E-state index in [1.165, 1.54) is 4.57 Å². The predicted octanol–water partition coefficient (Wildman–Crippen LogP) is 1.17. The number of carbonyl (C=O) groups excluding carboxylic acids is 1.